The van der Waals surface area contributed by atoms with Gasteiger partial charge >= 0.3 is 0 Å². The summed E-state index contributed by atoms with van der Waals surface area (Å²) >= 11 is 0. The highest BCUT2D eigenvalue weighted by molar-refractivity contribution is 4.76. The summed E-state index contributed by atoms with van der Waals surface area (Å²) in [4.78, 5) is 2.29. The van der Waals surface area contributed by atoms with E-state index in [1.165, 1.54) is 0 Å². The first kappa shape index (κ1) is 7.98. The molecule has 0 spiro atoms. The van der Waals surface area contributed by atoms with E-state index >= 15 is 0 Å². The average molecular weight is 143 g/mol. The molecule has 59 valence electrons. The van der Waals surface area contributed by atoms with Crippen LogP contribution in [0.2, 0.25) is 0 Å². The lowest BCUT2D eigenvalue weighted by molar-refractivity contribution is 0.155. The summed E-state index contributed by atoms with van der Waals surface area (Å²) in [5.41, 5.74) is 0. The third-order valence-corrected chi connectivity index (χ3v) is 1.65. The Bertz CT molecular complexity index is 81.7. The van der Waals surface area contributed by atoms with E-state index in [0.717, 1.165) is 32.8 Å². The Hall–Kier alpha value is -0.120. The van der Waals surface area contributed by atoms with Crippen LogP contribution < -0.4 is 5.32 Å². The van der Waals surface area contributed by atoms with Crippen LogP contribution in [0.4, 0.5) is 0 Å². The van der Waals surface area contributed by atoms with Gasteiger partial charge in [-0.15, -0.1) is 0 Å². The zero-order valence-corrected chi connectivity index (χ0v) is 6.47. The van der Waals surface area contributed by atoms with Crippen molar-refractivity contribution in [2.24, 2.45) is 0 Å². The fourth-order valence-electron chi connectivity index (χ4n) is 1.02. The fourth-order valence-corrected chi connectivity index (χ4v) is 1.02. The average Bonchev–Trinajstić information content (AvgIpc) is 2.03. The van der Waals surface area contributed by atoms with Gasteiger partial charge in [0.25, 0.3) is 0 Å². The third-order valence-electron chi connectivity index (χ3n) is 1.65. The summed E-state index contributed by atoms with van der Waals surface area (Å²) < 4.78 is 4.96. The minimum absolute atomic E-state index is 0.830. The monoisotopic (exact) mass is 143 g/mol. The number of methoxy groups -OCH3 is 1. The quantitative estimate of drug-likeness (QED) is 0.587. The molecule has 1 fully saturated rings. The summed E-state index contributed by atoms with van der Waals surface area (Å²) in [6, 6.07) is 0. The largest absolute Gasteiger partial charge is 0.383 e. The normalized spacial score (nSPS) is 21.3. The number of nitrogens with one attached hydrogen (secondary N) is 1. The van der Waals surface area contributed by atoms with E-state index in [1.54, 1.807) is 7.11 Å². The number of hydrogen-bond donors (Lipinski definition) is 1. The molecule has 0 amide bonds. The van der Waals surface area contributed by atoms with Crippen LogP contribution in [0.1, 0.15) is 0 Å². The summed E-state index contributed by atoms with van der Waals surface area (Å²) in [7, 11) is 1.74. The maximum absolute atomic E-state index is 4.96. The van der Waals surface area contributed by atoms with E-state index in [0.29, 0.717) is 0 Å². The molecule has 1 rings (SSSR count). The van der Waals surface area contributed by atoms with Gasteiger partial charge in [0.15, 0.2) is 0 Å². The van der Waals surface area contributed by atoms with Crippen molar-refractivity contribution in [2.45, 2.75) is 0 Å². The molecule has 1 saturated heterocycles. The van der Waals surface area contributed by atoms with Gasteiger partial charge in [-0.1, -0.05) is 0 Å². The highest BCUT2D eigenvalue weighted by Crippen LogP contribution is 1.94. The SMILES string of the molecule is COCCN1[CH]CNCC1. The number of piperazine rings is 1. The molecule has 1 radical (unpaired) electrons. The Balaban J connectivity index is 2.02. The van der Waals surface area contributed by atoms with Gasteiger partial charge in [0.2, 0.25) is 0 Å². The first-order chi connectivity index (χ1) is 4.93. The van der Waals surface area contributed by atoms with Gasteiger partial charge < -0.3 is 10.1 Å². The molecule has 0 bridgehead atoms. The molecular formula is C7H15N2O. The van der Waals surface area contributed by atoms with Gasteiger partial charge in [-0.2, -0.15) is 0 Å². The van der Waals surface area contributed by atoms with Crippen LogP contribution in [0.25, 0.3) is 0 Å². The number of rotatable bonds is 3. The molecule has 0 saturated carbocycles. The lowest BCUT2D eigenvalue weighted by Crippen LogP contribution is -2.41. The fraction of sp³-hybridized carbons (Fsp3) is 0.857. The minimum atomic E-state index is 0.830. The number of nitrogens with zero attached hydrogens (tertiary/aromatic N) is 1. The van der Waals surface area contributed by atoms with Gasteiger partial charge in [0.05, 0.1) is 6.61 Å². The van der Waals surface area contributed by atoms with Crippen LogP contribution in [0.15, 0.2) is 0 Å². The van der Waals surface area contributed by atoms with E-state index in [-0.39, 0.29) is 0 Å². The standard InChI is InChI=1S/C7H15N2O/c1-10-7-6-9-4-2-8-3-5-9/h4,8H,2-3,5-7H2,1H3. The lowest BCUT2D eigenvalue weighted by atomic mass is 10.4. The molecule has 0 aromatic heterocycles. The van der Waals surface area contributed by atoms with Crippen molar-refractivity contribution in [1.29, 1.82) is 0 Å². The van der Waals surface area contributed by atoms with Crippen molar-refractivity contribution in [1.82, 2.24) is 10.2 Å². The predicted octanol–water partition coefficient (Wildman–Crippen LogP) is -0.300. The Morgan fingerprint density at radius 3 is 3.20 bits per heavy atom. The zero-order valence-electron chi connectivity index (χ0n) is 6.47. The van der Waals surface area contributed by atoms with Crippen molar-refractivity contribution in [3.8, 4) is 0 Å². The molecular weight excluding hydrogens is 128 g/mol. The Kier molecular flexibility index (Phi) is 3.72. The van der Waals surface area contributed by atoms with Crippen LogP contribution in [-0.4, -0.2) is 44.8 Å². The molecule has 10 heavy (non-hydrogen) atoms. The second kappa shape index (κ2) is 4.66. The zero-order chi connectivity index (χ0) is 7.23. The highest BCUT2D eigenvalue weighted by Gasteiger charge is 2.07. The molecule has 3 nitrogen and oxygen atoms in total. The molecule has 0 unspecified atom stereocenters. The van der Waals surface area contributed by atoms with Crippen molar-refractivity contribution < 1.29 is 4.74 Å². The molecule has 1 aliphatic rings. The Morgan fingerprint density at radius 1 is 1.70 bits per heavy atom. The molecule has 1 heterocycles. The van der Waals surface area contributed by atoms with Gasteiger partial charge in [0.1, 0.15) is 0 Å². The Morgan fingerprint density at radius 2 is 2.60 bits per heavy atom. The van der Waals surface area contributed by atoms with Gasteiger partial charge in [0, 0.05) is 39.8 Å². The summed E-state index contributed by atoms with van der Waals surface area (Å²) in [6.45, 7) is 7.25. The van der Waals surface area contributed by atoms with Crippen LogP contribution in [-0.2, 0) is 4.74 Å². The van der Waals surface area contributed by atoms with Crippen molar-refractivity contribution in [2.75, 3.05) is 39.9 Å². The summed E-state index contributed by atoms with van der Waals surface area (Å²) in [6.07, 6.45) is 0. The van der Waals surface area contributed by atoms with E-state index < -0.39 is 0 Å². The Labute approximate surface area is 62.3 Å². The first-order valence-corrected chi connectivity index (χ1v) is 3.70. The van der Waals surface area contributed by atoms with Crippen molar-refractivity contribution >= 4 is 0 Å². The minimum Gasteiger partial charge on any atom is -0.383 e. The number of ether oxygens (including phenoxy) is 1. The van der Waals surface area contributed by atoms with Crippen molar-refractivity contribution in [3.63, 3.8) is 0 Å². The number of hydrogen-bond acceptors (Lipinski definition) is 3. The summed E-state index contributed by atoms with van der Waals surface area (Å²) in [5, 5.41) is 3.25. The molecule has 0 aromatic rings. The van der Waals surface area contributed by atoms with Gasteiger partial charge in [-0.05, 0) is 0 Å². The van der Waals surface area contributed by atoms with E-state index in [1.807, 2.05) is 0 Å². The second-order valence-corrected chi connectivity index (χ2v) is 2.42. The predicted molar refractivity (Wildman–Crippen MR) is 40.6 cm³/mol. The lowest BCUT2D eigenvalue weighted by Gasteiger charge is -2.25. The maximum Gasteiger partial charge on any atom is 0.0589 e. The van der Waals surface area contributed by atoms with Crippen molar-refractivity contribution in [3.05, 3.63) is 6.54 Å². The van der Waals surface area contributed by atoms with Crippen LogP contribution >= 0.6 is 0 Å². The summed E-state index contributed by atoms with van der Waals surface area (Å²) in [5.74, 6) is 0. The smallest absolute Gasteiger partial charge is 0.0589 e. The maximum atomic E-state index is 4.96. The first-order valence-electron chi connectivity index (χ1n) is 3.70. The van der Waals surface area contributed by atoms with Crippen LogP contribution in [0.3, 0.4) is 0 Å². The van der Waals surface area contributed by atoms with E-state index in [2.05, 4.69) is 16.8 Å². The van der Waals surface area contributed by atoms with Crippen LogP contribution in [0.5, 0.6) is 0 Å². The van der Waals surface area contributed by atoms with E-state index in [4.69, 9.17) is 4.74 Å². The highest BCUT2D eigenvalue weighted by atomic mass is 16.5. The second-order valence-electron chi connectivity index (χ2n) is 2.42. The molecule has 1 aliphatic heterocycles. The van der Waals surface area contributed by atoms with E-state index in [9.17, 15) is 0 Å². The molecule has 0 aliphatic carbocycles. The van der Waals surface area contributed by atoms with Gasteiger partial charge in [-0.3, -0.25) is 4.90 Å². The topological polar surface area (TPSA) is 24.5 Å². The van der Waals surface area contributed by atoms with Gasteiger partial charge in [-0.25, -0.2) is 0 Å². The molecule has 0 atom stereocenters. The van der Waals surface area contributed by atoms with Crippen LogP contribution in [0, 0.1) is 6.54 Å². The molecule has 1 N–H and O–H groups in total. The molecule has 3 heteroatoms. The molecule has 0 aromatic carbocycles. The third kappa shape index (κ3) is 2.64.